The van der Waals surface area contributed by atoms with Gasteiger partial charge in [-0.25, -0.2) is 19.0 Å². The maximum Gasteiger partial charge on any atom is 0.208 e. The smallest absolute Gasteiger partial charge is 0.208 e. The van der Waals surface area contributed by atoms with Crippen LogP contribution in [0.1, 0.15) is 5.56 Å². The predicted molar refractivity (Wildman–Crippen MR) is 65.6 cm³/mol. The molecule has 0 aromatic heterocycles. The zero-order chi connectivity index (χ0) is 12.2. The molecule has 0 unspecified atom stereocenters. The number of aryl methyl sites for hydroxylation is 1. The monoisotopic (exact) mass is 243 g/mol. The summed E-state index contributed by atoms with van der Waals surface area (Å²) in [5, 5.41) is 1.54. The van der Waals surface area contributed by atoms with Crippen molar-refractivity contribution in [3.05, 3.63) is 29.8 Å². The number of para-hydroxylation sites is 1. The van der Waals surface area contributed by atoms with Gasteiger partial charge in [0.15, 0.2) is 0 Å². The molecule has 0 aliphatic carbocycles. The van der Waals surface area contributed by atoms with Crippen LogP contribution in [0.15, 0.2) is 24.3 Å². The van der Waals surface area contributed by atoms with E-state index in [1.54, 1.807) is 0 Å². The number of hydrogen-bond acceptors (Lipinski definition) is 4. The minimum absolute atomic E-state index is 0.295. The molecule has 1 rings (SSSR count). The van der Waals surface area contributed by atoms with Gasteiger partial charge in [-0.05, 0) is 18.6 Å². The van der Waals surface area contributed by atoms with Gasteiger partial charge in [0.1, 0.15) is 0 Å². The molecule has 5 nitrogen and oxygen atoms in total. The van der Waals surface area contributed by atoms with E-state index in [0.29, 0.717) is 13.1 Å². The van der Waals surface area contributed by atoms with Gasteiger partial charge in [0.05, 0.1) is 11.9 Å². The van der Waals surface area contributed by atoms with Gasteiger partial charge in [0.25, 0.3) is 0 Å². The van der Waals surface area contributed by atoms with Gasteiger partial charge in [-0.2, -0.15) is 0 Å². The van der Waals surface area contributed by atoms with Crippen molar-refractivity contribution in [2.75, 3.05) is 24.4 Å². The first-order chi connectivity index (χ1) is 7.40. The van der Waals surface area contributed by atoms with E-state index in [9.17, 15) is 8.42 Å². The second-order valence-corrected chi connectivity index (χ2v) is 5.48. The Labute approximate surface area is 96.3 Å². The van der Waals surface area contributed by atoms with Crippen molar-refractivity contribution in [3.8, 4) is 0 Å². The predicted octanol–water partition coefficient (Wildman–Crippen LogP) is 0.224. The molecule has 0 amide bonds. The third-order valence-electron chi connectivity index (χ3n) is 2.14. The molecular formula is C10H17N3O2S. The van der Waals surface area contributed by atoms with Crippen molar-refractivity contribution < 1.29 is 8.42 Å². The molecule has 16 heavy (non-hydrogen) atoms. The van der Waals surface area contributed by atoms with Crippen LogP contribution < -0.4 is 15.6 Å². The average Bonchev–Trinajstić information content (AvgIpc) is 2.16. The van der Waals surface area contributed by atoms with Gasteiger partial charge in [-0.1, -0.05) is 18.2 Å². The lowest BCUT2D eigenvalue weighted by atomic mass is 10.2. The van der Waals surface area contributed by atoms with E-state index in [1.165, 1.54) is 5.01 Å². The minimum Gasteiger partial charge on any atom is -0.309 e. The number of anilines is 1. The highest BCUT2D eigenvalue weighted by Crippen LogP contribution is 2.15. The molecule has 0 saturated carbocycles. The number of nitrogens with two attached hydrogens (primary N) is 1. The number of hydrazine groups is 1. The number of sulfonamides is 1. The Kier molecular flexibility index (Phi) is 4.28. The quantitative estimate of drug-likeness (QED) is 0.573. The van der Waals surface area contributed by atoms with Gasteiger partial charge in [-0.15, -0.1) is 0 Å². The maximum absolute atomic E-state index is 10.8. The lowest BCUT2D eigenvalue weighted by molar-refractivity contribution is 0.587. The molecule has 0 fully saturated rings. The topological polar surface area (TPSA) is 75.4 Å². The van der Waals surface area contributed by atoms with E-state index in [2.05, 4.69) is 4.72 Å². The molecule has 0 radical (unpaired) electrons. The van der Waals surface area contributed by atoms with Crippen LogP contribution in [0.3, 0.4) is 0 Å². The van der Waals surface area contributed by atoms with Gasteiger partial charge < -0.3 is 5.01 Å². The van der Waals surface area contributed by atoms with E-state index in [1.807, 2.05) is 31.2 Å². The van der Waals surface area contributed by atoms with Crippen molar-refractivity contribution in [2.24, 2.45) is 5.84 Å². The number of hydrogen-bond donors (Lipinski definition) is 2. The average molecular weight is 243 g/mol. The summed E-state index contributed by atoms with van der Waals surface area (Å²) in [6.45, 7) is 2.68. The summed E-state index contributed by atoms with van der Waals surface area (Å²) in [4.78, 5) is 0. The summed E-state index contributed by atoms with van der Waals surface area (Å²) in [5.74, 6) is 5.82. The van der Waals surface area contributed by atoms with Gasteiger partial charge in [-0.3, -0.25) is 0 Å². The lowest BCUT2D eigenvalue weighted by Gasteiger charge is -2.20. The maximum atomic E-state index is 10.8. The summed E-state index contributed by atoms with van der Waals surface area (Å²) in [7, 11) is -3.14. The molecule has 0 spiro atoms. The van der Waals surface area contributed by atoms with Crippen molar-refractivity contribution in [1.29, 1.82) is 0 Å². The third kappa shape index (κ3) is 4.18. The van der Waals surface area contributed by atoms with Crippen LogP contribution in [-0.4, -0.2) is 27.8 Å². The Morgan fingerprint density at radius 1 is 1.38 bits per heavy atom. The van der Waals surface area contributed by atoms with E-state index < -0.39 is 10.0 Å². The SMILES string of the molecule is Cc1ccccc1N(N)CCNS(C)(=O)=O. The highest BCUT2D eigenvalue weighted by atomic mass is 32.2. The molecule has 0 bridgehead atoms. The fraction of sp³-hybridized carbons (Fsp3) is 0.400. The molecule has 90 valence electrons. The Hall–Kier alpha value is -1.11. The second-order valence-electron chi connectivity index (χ2n) is 3.65. The van der Waals surface area contributed by atoms with Gasteiger partial charge >= 0.3 is 0 Å². The molecule has 1 aromatic rings. The van der Waals surface area contributed by atoms with Crippen molar-refractivity contribution in [2.45, 2.75) is 6.92 Å². The summed E-state index contributed by atoms with van der Waals surface area (Å²) >= 11 is 0. The number of benzene rings is 1. The van der Waals surface area contributed by atoms with Crippen LogP contribution in [0.4, 0.5) is 5.69 Å². The van der Waals surface area contributed by atoms with Crippen LogP contribution in [-0.2, 0) is 10.0 Å². The summed E-state index contributed by atoms with van der Waals surface area (Å²) < 4.78 is 24.1. The zero-order valence-corrected chi connectivity index (χ0v) is 10.3. The molecule has 0 saturated heterocycles. The van der Waals surface area contributed by atoms with Crippen LogP contribution in [0, 0.1) is 6.92 Å². The van der Waals surface area contributed by atoms with Crippen LogP contribution in [0.2, 0.25) is 0 Å². The van der Waals surface area contributed by atoms with Crippen LogP contribution >= 0.6 is 0 Å². The molecule has 0 atom stereocenters. The van der Waals surface area contributed by atoms with E-state index in [0.717, 1.165) is 17.5 Å². The van der Waals surface area contributed by atoms with Crippen LogP contribution in [0.5, 0.6) is 0 Å². The Bertz CT molecular complexity index is 445. The first kappa shape index (κ1) is 13.0. The van der Waals surface area contributed by atoms with E-state index in [-0.39, 0.29) is 0 Å². The van der Waals surface area contributed by atoms with E-state index >= 15 is 0 Å². The van der Waals surface area contributed by atoms with Gasteiger partial charge in [0, 0.05) is 13.1 Å². The molecule has 1 aromatic carbocycles. The molecule has 0 aliphatic heterocycles. The normalized spacial score (nSPS) is 11.4. The standard InChI is InChI=1S/C10H17N3O2S/c1-9-5-3-4-6-10(9)13(11)8-7-12-16(2,14)15/h3-6,12H,7-8,11H2,1-2H3. The number of nitrogens with zero attached hydrogens (tertiary/aromatic N) is 1. The zero-order valence-electron chi connectivity index (χ0n) is 9.47. The largest absolute Gasteiger partial charge is 0.309 e. The first-order valence-corrected chi connectivity index (χ1v) is 6.82. The molecular weight excluding hydrogens is 226 g/mol. The lowest BCUT2D eigenvalue weighted by Crippen LogP contribution is -2.39. The van der Waals surface area contributed by atoms with Crippen molar-refractivity contribution in [3.63, 3.8) is 0 Å². The van der Waals surface area contributed by atoms with Crippen molar-refractivity contribution >= 4 is 15.7 Å². The minimum atomic E-state index is -3.14. The number of rotatable bonds is 5. The molecule has 0 aliphatic rings. The summed E-state index contributed by atoms with van der Waals surface area (Å²) in [5.41, 5.74) is 1.96. The Morgan fingerprint density at radius 3 is 2.56 bits per heavy atom. The first-order valence-electron chi connectivity index (χ1n) is 4.92. The highest BCUT2D eigenvalue weighted by molar-refractivity contribution is 7.88. The fourth-order valence-corrected chi connectivity index (χ4v) is 1.82. The molecule has 3 N–H and O–H groups in total. The fourth-order valence-electron chi connectivity index (χ4n) is 1.36. The highest BCUT2D eigenvalue weighted by Gasteiger charge is 2.05. The summed E-state index contributed by atoms with van der Waals surface area (Å²) in [6, 6.07) is 7.68. The van der Waals surface area contributed by atoms with Crippen LogP contribution in [0.25, 0.3) is 0 Å². The second kappa shape index (κ2) is 5.29. The number of nitrogens with one attached hydrogen (secondary N) is 1. The van der Waals surface area contributed by atoms with Crippen molar-refractivity contribution in [1.82, 2.24) is 4.72 Å². The Balaban J connectivity index is 2.54. The third-order valence-corrected chi connectivity index (χ3v) is 2.87. The van der Waals surface area contributed by atoms with Gasteiger partial charge in [0.2, 0.25) is 10.0 Å². The molecule has 6 heteroatoms. The van der Waals surface area contributed by atoms with E-state index in [4.69, 9.17) is 5.84 Å². The molecule has 0 heterocycles. The summed E-state index contributed by atoms with van der Waals surface area (Å²) in [6.07, 6.45) is 1.13. The Morgan fingerprint density at radius 2 is 2.00 bits per heavy atom.